The molecule has 0 amide bonds. The Kier molecular flexibility index (Phi) is 6.05. The van der Waals surface area contributed by atoms with Gasteiger partial charge in [0, 0.05) is 25.0 Å². The lowest BCUT2D eigenvalue weighted by Gasteiger charge is -2.16. The zero-order valence-corrected chi connectivity index (χ0v) is 10.2. The van der Waals surface area contributed by atoms with Crippen LogP contribution in [0, 0.1) is 17.2 Å². The third-order valence-electron chi connectivity index (χ3n) is 2.70. The fourth-order valence-corrected chi connectivity index (χ4v) is 1.80. The minimum absolute atomic E-state index is 0.228. The van der Waals surface area contributed by atoms with Crippen LogP contribution < -0.4 is 5.32 Å². The molecule has 0 fully saturated rings. The predicted octanol–water partition coefficient (Wildman–Crippen LogP) is 2.16. The molecule has 0 radical (unpaired) electrons. The number of anilines is 1. The minimum atomic E-state index is 0.228. The van der Waals surface area contributed by atoms with Gasteiger partial charge >= 0.3 is 0 Å². The Labute approximate surface area is 102 Å². The van der Waals surface area contributed by atoms with Gasteiger partial charge in [0.05, 0.1) is 0 Å². The van der Waals surface area contributed by atoms with Crippen LogP contribution in [0.2, 0.25) is 0 Å². The molecule has 0 aromatic carbocycles. The van der Waals surface area contributed by atoms with Crippen molar-refractivity contribution in [2.24, 2.45) is 5.92 Å². The summed E-state index contributed by atoms with van der Waals surface area (Å²) in [6.07, 6.45) is 4.66. The van der Waals surface area contributed by atoms with E-state index in [0.717, 1.165) is 31.5 Å². The molecule has 1 unspecified atom stereocenters. The maximum absolute atomic E-state index is 8.96. The number of nitrogens with one attached hydrogen (secondary N) is 1. The fraction of sp³-hybridized carbons (Fsp3) is 0.538. The molecular formula is C13H19N3O. The van der Waals surface area contributed by atoms with Gasteiger partial charge in [-0.2, -0.15) is 5.26 Å². The van der Waals surface area contributed by atoms with Gasteiger partial charge in [-0.15, -0.1) is 0 Å². The van der Waals surface area contributed by atoms with E-state index in [1.807, 2.05) is 12.1 Å². The number of nitrogens with zero attached hydrogens (tertiary/aromatic N) is 2. The molecule has 1 aromatic heterocycles. The normalized spacial score (nSPS) is 11.8. The Morgan fingerprint density at radius 1 is 1.53 bits per heavy atom. The second-order valence-electron chi connectivity index (χ2n) is 4.09. The first-order chi connectivity index (χ1) is 8.30. The summed E-state index contributed by atoms with van der Waals surface area (Å²) < 4.78 is 0. The van der Waals surface area contributed by atoms with E-state index >= 15 is 0 Å². The summed E-state index contributed by atoms with van der Waals surface area (Å²) in [7, 11) is 0. The van der Waals surface area contributed by atoms with Crippen molar-refractivity contribution in [3.8, 4) is 6.07 Å². The van der Waals surface area contributed by atoms with Crippen LogP contribution in [0.15, 0.2) is 18.3 Å². The van der Waals surface area contributed by atoms with E-state index < -0.39 is 0 Å². The molecule has 0 spiro atoms. The van der Waals surface area contributed by atoms with Crippen molar-refractivity contribution in [2.45, 2.75) is 26.2 Å². The lowest BCUT2D eigenvalue weighted by Crippen LogP contribution is -2.15. The van der Waals surface area contributed by atoms with E-state index in [1.165, 1.54) is 0 Å². The van der Waals surface area contributed by atoms with Crippen LogP contribution in [0.3, 0.4) is 0 Å². The smallest absolute Gasteiger partial charge is 0.142 e. The molecule has 1 atom stereocenters. The highest BCUT2D eigenvalue weighted by atomic mass is 16.3. The first kappa shape index (κ1) is 13.5. The van der Waals surface area contributed by atoms with Crippen molar-refractivity contribution in [1.29, 1.82) is 5.26 Å². The standard InChI is InChI=1S/C13H19N3O/c1-2-3-11(5-7-17)10-16-12-4-6-15-13(8-12)9-14/h4,6,8,11,17H,2-3,5,7,10H2,1H3,(H,15,16). The Morgan fingerprint density at radius 3 is 3.00 bits per heavy atom. The Morgan fingerprint density at radius 2 is 2.35 bits per heavy atom. The van der Waals surface area contributed by atoms with Gasteiger partial charge in [0.2, 0.25) is 0 Å². The van der Waals surface area contributed by atoms with E-state index in [9.17, 15) is 0 Å². The third kappa shape index (κ3) is 4.83. The molecule has 0 aliphatic rings. The van der Waals surface area contributed by atoms with Gasteiger partial charge in [-0.1, -0.05) is 13.3 Å². The van der Waals surface area contributed by atoms with Gasteiger partial charge in [-0.05, 0) is 30.9 Å². The Hall–Kier alpha value is -1.60. The number of aliphatic hydroxyl groups is 1. The molecule has 0 saturated carbocycles. The number of rotatable bonds is 7. The molecule has 0 bridgehead atoms. The zero-order valence-electron chi connectivity index (χ0n) is 10.2. The van der Waals surface area contributed by atoms with Gasteiger partial charge in [0.15, 0.2) is 0 Å². The fourth-order valence-electron chi connectivity index (χ4n) is 1.80. The maximum Gasteiger partial charge on any atom is 0.142 e. The lowest BCUT2D eigenvalue weighted by molar-refractivity contribution is 0.255. The van der Waals surface area contributed by atoms with Gasteiger partial charge in [-0.25, -0.2) is 4.98 Å². The number of pyridine rings is 1. The monoisotopic (exact) mass is 233 g/mol. The maximum atomic E-state index is 8.96. The lowest BCUT2D eigenvalue weighted by atomic mass is 10.0. The largest absolute Gasteiger partial charge is 0.396 e. The van der Waals surface area contributed by atoms with Crippen molar-refractivity contribution in [3.63, 3.8) is 0 Å². The third-order valence-corrected chi connectivity index (χ3v) is 2.70. The van der Waals surface area contributed by atoms with Crippen LogP contribution in [0.4, 0.5) is 5.69 Å². The van der Waals surface area contributed by atoms with Gasteiger partial charge in [-0.3, -0.25) is 0 Å². The molecule has 0 saturated heterocycles. The van der Waals surface area contributed by atoms with Crippen LogP contribution in [-0.4, -0.2) is 23.2 Å². The van der Waals surface area contributed by atoms with Crippen LogP contribution >= 0.6 is 0 Å². The quantitative estimate of drug-likeness (QED) is 0.757. The zero-order chi connectivity index (χ0) is 12.5. The number of nitriles is 1. The summed E-state index contributed by atoms with van der Waals surface area (Å²) >= 11 is 0. The van der Waals surface area contributed by atoms with Crippen LogP contribution in [0.5, 0.6) is 0 Å². The van der Waals surface area contributed by atoms with E-state index in [2.05, 4.69) is 17.2 Å². The van der Waals surface area contributed by atoms with Crippen LogP contribution in [-0.2, 0) is 0 Å². The summed E-state index contributed by atoms with van der Waals surface area (Å²) in [6.45, 7) is 3.19. The SMILES string of the molecule is CCCC(CCO)CNc1ccnc(C#N)c1. The number of aliphatic hydroxyl groups excluding tert-OH is 1. The molecule has 4 nitrogen and oxygen atoms in total. The summed E-state index contributed by atoms with van der Waals surface area (Å²) in [4.78, 5) is 3.92. The molecule has 1 rings (SSSR count). The highest BCUT2D eigenvalue weighted by molar-refractivity contribution is 5.45. The Bertz CT molecular complexity index is 367. The highest BCUT2D eigenvalue weighted by Gasteiger charge is 2.07. The van der Waals surface area contributed by atoms with Crippen LogP contribution in [0.25, 0.3) is 0 Å². The van der Waals surface area contributed by atoms with E-state index in [0.29, 0.717) is 11.6 Å². The highest BCUT2D eigenvalue weighted by Crippen LogP contribution is 2.13. The van der Waals surface area contributed by atoms with Crippen molar-refractivity contribution in [3.05, 3.63) is 24.0 Å². The molecule has 4 heteroatoms. The second-order valence-corrected chi connectivity index (χ2v) is 4.09. The molecule has 17 heavy (non-hydrogen) atoms. The number of aromatic nitrogens is 1. The first-order valence-corrected chi connectivity index (χ1v) is 6.01. The van der Waals surface area contributed by atoms with Crippen molar-refractivity contribution in [1.82, 2.24) is 4.98 Å². The van der Waals surface area contributed by atoms with Crippen molar-refractivity contribution in [2.75, 3.05) is 18.5 Å². The summed E-state index contributed by atoms with van der Waals surface area (Å²) in [5, 5.41) is 21.0. The van der Waals surface area contributed by atoms with Crippen molar-refractivity contribution >= 4 is 5.69 Å². The molecule has 0 aliphatic carbocycles. The molecule has 1 aromatic rings. The van der Waals surface area contributed by atoms with E-state index in [-0.39, 0.29) is 6.61 Å². The molecule has 1 heterocycles. The number of hydrogen-bond acceptors (Lipinski definition) is 4. The van der Waals surface area contributed by atoms with Crippen molar-refractivity contribution < 1.29 is 5.11 Å². The summed E-state index contributed by atoms with van der Waals surface area (Å²) in [5.41, 5.74) is 1.33. The number of hydrogen-bond donors (Lipinski definition) is 2. The summed E-state index contributed by atoms with van der Waals surface area (Å²) in [5.74, 6) is 0.476. The Balaban J connectivity index is 2.49. The average molecular weight is 233 g/mol. The van der Waals surface area contributed by atoms with Gasteiger partial charge < -0.3 is 10.4 Å². The molecule has 0 aliphatic heterocycles. The molecule has 2 N–H and O–H groups in total. The van der Waals surface area contributed by atoms with Crippen LogP contribution in [0.1, 0.15) is 31.9 Å². The van der Waals surface area contributed by atoms with Gasteiger partial charge in [0.1, 0.15) is 11.8 Å². The molecule has 92 valence electrons. The first-order valence-electron chi connectivity index (χ1n) is 6.01. The molecular weight excluding hydrogens is 214 g/mol. The van der Waals surface area contributed by atoms with E-state index in [1.54, 1.807) is 12.3 Å². The summed E-state index contributed by atoms with van der Waals surface area (Å²) in [6, 6.07) is 5.60. The van der Waals surface area contributed by atoms with E-state index in [4.69, 9.17) is 10.4 Å². The second kappa shape index (κ2) is 7.64. The van der Waals surface area contributed by atoms with Gasteiger partial charge in [0.25, 0.3) is 0 Å². The minimum Gasteiger partial charge on any atom is -0.396 e. The average Bonchev–Trinajstić information content (AvgIpc) is 2.37. The predicted molar refractivity (Wildman–Crippen MR) is 67.5 cm³/mol. The topological polar surface area (TPSA) is 68.9 Å².